The Morgan fingerprint density at radius 1 is 1.33 bits per heavy atom. The van der Waals surface area contributed by atoms with E-state index in [1.54, 1.807) is 0 Å². The lowest BCUT2D eigenvalue weighted by Gasteiger charge is -1.91. The average molecular weight is 158 g/mol. The molecule has 1 aromatic heterocycles. The molecule has 1 N–H and O–H groups in total. The zero-order valence-electron chi connectivity index (χ0n) is 6.49. The molecule has 0 saturated heterocycles. The number of fused-ring (bicyclic) bond motifs is 3. The molecule has 1 aromatic carbocycles. The van der Waals surface area contributed by atoms with Gasteiger partial charge in [0.25, 0.3) is 0 Å². The van der Waals surface area contributed by atoms with Gasteiger partial charge in [-0.05, 0) is 6.07 Å². The van der Waals surface area contributed by atoms with Gasteiger partial charge in [0.05, 0.1) is 0 Å². The maximum Gasteiger partial charge on any atom is 0.210 e. The number of nitrogens with zero attached hydrogens (tertiary/aromatic N) is 2. The summed E-state index contributed by atoms with van der Waals surface area (Å²) in [7, 11) is 0. The minimum atomic E-state index is 0.993. The van der Waals surface area contributed by atoms with Crippen LogP contribution in [0, 0.1) is 0 Å². The fourth-order valence-corrected chi connectivity index (χ4v) is 1.69. The normalized spacial score (nSPS) is 12.7. The molecule has 2 heterocycles. The molecule has 3 heteroatoms. The quantitative estimate of drug-likeness (QED) is 0.477. The average Bonchev–Trinajstić information content (AvgIpc) is 2.62. The van der Waals surface area contributed by atoms with E-state index in [1.807, 2.05) is 16.9 Å². The Morgan fingerprint density at radius 2 is 2.25 bits per heavy atom. The second kappa shape index (κ2) is 1.94. The summed E-state index contributed by atoms with van der Waals surface area (Å²) in [6, 6.07) is 8.36. The molecule has 0 aliphatic carbocycles. The van der Waals surface area contributed by atoms with Gasteiger partial charge >= 0.3 is 0 Å². The molecule has 1 aliphatic heterocycles. The third-order valence-corrected chi connectivity index (χ3v) is 2.26. The maximum atomic E-state index is 3.98. The van der Waals surface area contributed by atoms with Crippen molar-refractivity contribution in [3.63, 3.8) is 0 Å². The fraction of sp³-hybridized carbons (Fsp3) is 0.111. The topological polar surface area (TPSA) is 32.6 Å². The van der Waals surface area contributed by atoms with Gasteiger partial charge in [0.15, 0.2) is 11.4 Å². The highest BCUT2D eigenvalue weighted by molar-refractivity contribution is 5.38. The monoisotopic (exact) mass is 158 g/mol. The van der Waals surface area contributed by atoms with E-state index in [2.05, 4.69) is 28.5 Å². The van der Waals surface area contributed by atoms with Crippen molar-refractivity contribution in [1.82, 2.24) is 10.3 Å². The highest BCUT2D eigenvalue weighted by atomic mass is 15.4. The van der Waals surface area contributed by atoms with E-state index in [1.165, 1.54) is 16.9 Å². The van der Waals surface area contributed by atoms with Crippen LogP contribution in [0.25, 0.3) is 5.69 Å². The third-order valence-electron chi connectivity index (χ3n) is 2.26. The summed E-state index contributed by atoms with van der Waals surface area (Å²) in [5, 5.41) is 6.92. The van der Waals surface area contributed by atoms with Gasteiger partial charge in [-0.2, -0.15) is 0 Å². The van der Waals surface area contributed by atoms with E-state index >= 15 is 0 Å². The maximum absolute atomic E-state index is 3.98. The molecule has 58 valence electrons. The Balaban J connectivity index is 2.34. The molecule has 0 spiro atoms. The number of hydrogen-bond donors (Lipinski definition) is 1. The zero-order valence-corrected chi connectivity index (χ0v) is 6.49. The zero-order chi connectivity index (χ0) is 7.97. The van der Waals surface area contributed by atoms with Crippen molar-refractivity contribution in [2.45, 2.75) is 6.42 Å². The highest BCUT2D eigenvalue weighted by Crippen LogP contribution is 2.17. The van der Waals surface area contributed by atoms with Crippen molar-refractivity contribution in [2.75, 3.05) is 0 Å². The van der Waals surface area contributed by atoms with E-state index in [0.717, 1.165) is 6.42 Å². The van der Waals surface area contributed by atoms with Gasteiger partial charge in [0.2, 0.25) is 6.20 Å². The number of aromatic amines is 1. The SMILES string of the molecule is c1ccc2c(c1)Cc1cn[nH][n+]1-2. The predicted octanol–water partition coefficient (Wildman–Crippen LogP) is 0.591. The van der Waals surface area contributed by atoms with Gasteiger partial charge < -0.3 is 0 Å². The Kier molecular flexibility index (Phi) is 0.961. The number of H-pyrrole nitrogens is 1. The number of rotatable bonds is 0. The lowest BCUT2D eigenvalue weighted by Crippen LogP contribution is -2.32. The molecule has 3 rings (SSSR count). The summed E-state index contributed by atoms with van der Waals surface area (Å²) < 4.78 is 2.02. The van der Waals surface area contributed by atoms with Gasteiger partial charge in [-0.3, -0.25) is 0 Å². The Hall–Kier alpha value is -1.64. The van der Waals surface area contributed by atoms with E-state index in [4.69, 9.17) is 0 Å². The highest BCUT2D eigenvalue weighted by Gasteiger charge is 2.24. The minimum Gasteiger partial charge on any atom is -0.124 e. The summed E-state index contributed by atoms with van der Waals surface area (Å²) in [6.45, 7) is 0. The van der Waals surface area contributed by atoms with E-state index in [0.29, 0.717) is 0 Å². The van der Waals surface area contributed by atoms with Crippen LogP contribution in [0.15, 0.2) is 30.5 Å². The van der Waals surface area contributed by atoms with Crippen LogP contribution >= 0.6 is 0 Å². The third kappa shape index (κ3) is 0.605. The fourth-order valence-electron chi connectivity index (χ4n) is 1.69. The van der Waals surface area contributed by atoms with Crippen LogP contribution in [0.5, 0.6) is 0 Å². The molecular formula is C9H8N3+. The number of hydrogen-bond acceptors (Lipinski definition) is 1. The first-order valence-corrected chi connectivity index (χ1v) is 3.98. The summed E-state index contributed by atoms with van der Waals surface area (Å²) in [5.74, 6) is 0. The van der Waals surface area contributed by atoms with E-state index in [-0.39, 0.29) is 0 Å². The molecule has 3 nitrogen and oxygen atoms in total. The summed E-state index contributed by atoms with van der Waals surface area (Å²) in [5.41, 5.74) is 3.83. The largest absolute Gasteiger partial charge is 0.210 e. The van der Waals surface area contributed by atoms with Crippen LogP contribution in [-0.4, -0.2) is 10.3 Å². The van der Waals surface area contributed by atoms with Gasteiger partial charge in [0.1, 0.15) is 0 Å². The first kappa shape index (κ1) is 5.94. The van der Waals surface area contributed by atoms with Crippen LogP contribution in [0.2, 0.25) is 0 Å². The van der Waals surface area contributed by atoms with Crippen LogP contribution in [-0.2, 0) is 6.42 Å². The molecule has 1 aliphatic rings. The number of para-hydroxylation sites is 1. The van der Waals surface area contributed by atoms with E-state index < -0.39 is 0 Å². The van der Waals surface area contributed by atoms with Gasteiger partial charge in [-0.1, -0.05) is 23.4 Å². The lowest BCUT2D eigenvalue weighted by molar-refractivity contribution is -0.660. The minimum absolute atomic E-state index is 0.993. The first-order valence-electron chi connectivity index (χ1n) is 3.98. The molecule has 0 fully saturated rings. The van der Waals surface area contributed by atoms with Crippen LogP contribution in [0.4, 0.5) is 0 Å². The lowest BCUT2D eigenvalue weighted by atomic mass is 10.1. The van der Waals surface area contributed by atoms with Crippen molar-refractivity contribution in [3.8, 4) is 5.69 Å². The van der Waals surface area contributed by atoms with Gasteiger partial charge in [0, 0.05) is 17.1 Å². The molecule has 0 atom stereocenters. The van der Waals surface area contributed by atoms with E-state index in [9.17, 15) is 0 Å². The smallest absolute Gasteiger partial charge is 0.124 e. The first-order chi connectivity index (χ1) is 5.95. The Morgan fingerprint density at radius 3 is 3.25 bits per heavy atom. The van der Waals surface area contributed by atoms with Crippen molar-refractivity contribution < 1.29 is 4.68 Å². The Bertz CT molecular complexity index is 431. The number of benzene rings is 1. The molecule has 0 bridgehead atoms. The number of aromatic nitrogens is 3. The second-order valence-corrected chi connectivity index (χ2v) is 2.99. The van der Waals surface area contributed by atoms with Crippen molar-refractivity contribution in [3.05, 3.63) is 41.7 Å². The van der Waals surface area contributed by atoms with Gasteiger partial charge in [-0.25, -0.2) is 0 Å². The molecule has 0 saturated carbocycles. The summed E-state index contributed by atoms with van der Waals surface area (Å²) >= 11 is 0. The summed E-state index contributed by atoms with van der Waals surface area (Å²) in [4.78, 5) is 0. The van der Waals surface area contributed by atoms with Crippen LogP contribution < -0.4 is 4.68 Å². The van der Waals surface area contributed by atoms with Crippen molar-refractivity contribution in [1.29, 1.82) is 0 Å². The molecular weight excluding hydrogens is 150 g/mol. The van der Waals surface area contributed by atoms with Crippen molar-refractivity contribution in [2.24, 2.45) is 0 Å². The summed E-state index contributed by atoms with van der Waals surface area (Å²) in [6.07, 6.45) is 2.87. The van der Waals surface area contributed by atoms with Crippen molar-refractivity contribution >= 4 is 0 Å². The standard InChI is InChI=1S/C9H7N3/c1-2-4-9-7(3-1)5-8-6-10-11-12(8)9/h1-4,6H,5H2/p+1. The molecule has 12 heavy (non-hydrogen) atoms. The van der Waals surface area contributed by atoms with Gasteiger partial charge in [-0.15, -0.1) is 4.68 Å². The van der Waals surface area contributed by atoms with Crippen LogP contribution in [0.1, 0.15) is 11.3 Å². The number of nitrogens with one attached hydrogen (secondary N) is 1. The predicted molar refractivity (Wildman–Crippen MR) is 42.9 cm³/mol. The molecule has 2 aromatic rings. The molecule has 0 unspecified atom stereocenters. The Labute approximate surface area is 69.6 Å². The molecule has 0 amide bonds. The second-order valence-electron chi connectivity index (χ2n) is 2.99. The van der Waals surface area contributed by atoms with Crippen LogP contribution in [0.3, 0.4) is 0 Å². The molecule has 0 radical (unpaired) electrons.